The molecule has 0 spiro atoms. The molecule has 0 aliphatic heterocycles. The van der Waals surface area contributed by atoms with E-state index in [2.05, 4.69) is 10.3 Å². The SMILES string of the molecule is CCN(CCc1ccncc1)C(=O)c1ccc(NC(C)=O)cc1. The molecule has 2 amide bonds. The van der Waals surface area contributed by atoms with E-state index >= 15 is 0 Å². The monoisotopic (exact) mass is 311 g/mol. The zero-order valence-corrected chi connectivity index (χ0v) is 13.5. The summed E-state index contributed by atoms with van der Waals surface area (Å²) in [5.41, 5.74) is 2.47. The molecular weight excluding hydrogens is 290 g/mol. The van der Waals surface area contributed by atoms with Crippen molar-refractivity contribution in [1.29, 1.82) is 0 Å². The van der Waals surface area contributed by atoms with Crippen LogP contribution in [0.1, 0.15) is 29.8 Å². The van der Waals surface area contributed by atoms with Gasteiger partial charge in [-0.2, -0.15) is 0 Å². The number of benzene rings is 1. The highest BCUT2D eigenvalue weighted by molar-refractivity contribution is 5.95. The van der Waals surface area contributed by atoms with E-state index in [1.165, 1.54) is 6.92 Å². The lowest BCUT2D eigenvalue weighted by Crippen LogP contribution is -2.32. The molecule has 5 nitrogen and oxygen atoms in total. The lowest BCUT2D eigenvalue weighted by Gasteiger charge is -2.21. The summed E-state index contributed by atoms with van der Waals surface area (Å²) < 4.78 is 0. The Morgan fingerprint density at radius 1 is 1.09 bits per heavy atom. The first-order valence-corrected chi connectivity index (χ1v) is 7.66. The second-order valence-electron chi connectivity index (χ2n) is 5.25. The number of hydrogen-bond donors (Lipinski definition) is 1. The average molecular weight is 311 g/mol. The molecule has 0 aliphatic carbocycles. The van der Waals surface area contributed by atoms with Crippen molar-refractivity contribution in [2.75, 3.05) is 18.4 Å². The highest BCUT2D eigenvalue weighted by Gasteiger charge is 2.14. The van der Waals surface area contributed by atoms with Gasteiger partial charge in [-0.25, -0.2) is 0 Å². The third-order valence-electron chi connectivity index (χ3n) is 3.54. The van der Waals surface area contributed by atoms with Gasteiger partial charge in [-0.1, -0.05) is 0 Å². The minimum absolute atomic E-state index is 0.00377. The van der Waals surface area contributed by atoms with Crippen LogP contribution in [-0.4, -0.2) is 34.8 Å². The van der Waals surface area contributed by atoms with Crippen LogP contribution in [0.2, 0.25) is 0 Å². The first-order chi connectivity index (χ1) is 11.1. The Bertz CT molecular complexity index is 654. The lowest BCUT2D eigenvalue weighted by atomic mass is 10.1. The summed E-state index contributed by atoms with van der Waals surface area (Å²) in [7, 11) is 0. The van der Waals surface area contributed by atoms with Gasteiger partial charge >= 0.3 is 0 Å². The van der Waals surface area contributed by atoms with Crippen LogP contribution in [0.3, 0.4) is 0 Å². The van der Waals surface area contributed by atoms with Crippen molar-refractivity contribution in [1.82, 2.24) is 9.88 Å². The van der Waals surface area contributed by atoms with E-state index in [0.717, 1.165) is 12.0 Å². The number of hydrogen-bond acceptors (Lipinski definition) is 3. The van der Waals surface area contributed by atoms with Crippen LogP contribution in [0.25, 0.3) is 0 Å². The molecule has 120 valence electrons. The number of amides is 2. The molecule has 0 saturated heterocycles. The summed E-state index contributed by atoms with van der Waals surface area (Å²) in [5.74, 6) is -0.132. The van der Waals surface area contributed by atoms with Gasteiger partial charge < -0.3 is 10.2 Å². The highest BCUT2D eigenvalue weighted by atomic mass is 16.2. The molecule has 1 N–H and O–H groups in total. The highest BCUT2D eigenvalue weighted by Crippen LogP contribution is 2.12. The summed E-state index contributed by atoms with van der Waals surface area (Å²) in [6, 6.07) is 10.9. The molecule has 5 heteroatoms. The van der Waals surface area contributed by atoms with Crippen LogP contribution >= 0.6 is 0 Å². The van der Waals surface area contributed by atoms with Gasteiger partial charge in [-0.3, -0.25) is 14.6 Å². The van der Waals surface area contributed by atoms with E-state index in [9.17, 15) is 9.59 Å². The Labute approximate surface area is 136 Å². The normalized spacial score (nSPS) is 10.2. The third-order valence-corrected chi connectivity index (χ3v) is 3.54. The molecule has 0 unspecified atom stereocenters. The Kier molecular flexibility index (Phi) is 5.86. The molecule has 0 bridgehead atoms. The van der Waals surface area contributed by atoms with Crippen LogP contribution < -0.4 is 5.32 Å². The maximum absolute atomic E-state index is 12.6. The standard InChI is InChI=1S/C18H21N3O2/c1-3-21(13-10-15-8-11-19-12-9-15)18(23)16-4-6-17(7-5-16)20-14(2)22/h4-9,11-12H,3,10,13H2,1-2H3,(H,20,22). The number of aromatic nitrogens is 1. The molecule has 1 aromatic carbocycles. The van der Waals surface area contributed by atoms with Crippen molar-refractivity contribution in [3.63, 3.8) is 0 Å². The molecule has 2 aromatic rings. The fraction of sp³-hybridized carbons (Fsp3) is 0.278. The molecular formula is C18H21N3O2. The molecule has 23 heavy (non-hydrogen) atoms. The van der Waals surface area contributed by atoms with Crippen molar-refractivity contribution in [3.8, 4) is 0 Å². The van der Waals surface area contributed by atoms with Crippen molar-refractivity contribution < 1.29 is 9.59 Å². The number of likely N-dealkylation sites (N-methyl/N-ethyl adjacent to an activating group) is 1. The number of carbonyl (C=O) groups is 2. The second-order valence-corrected chi connectivity index (χ2v) is 5.25. The second kappa shape index (κ2) is 8.08. The van der Waals surface area contributed by atoms with E-state index in [0.29, 0.717) is 24.3 Å². The van der Waals surface area contributed by atoms with E-state index in [-0.39, 0.29) is 11.8 Å². The number of nitrogens with one attached hydrogen (secondary N) is 1. The molecule has 0 atom stereocenters. The fourth-order valence-corrected chi connectivity index (χ4v) is 2.30. The van der Waals surface area contributed by atoms with E-state index in [4.69, 9.17) is 0 Å². The Balaban J connectivity index is 2.00. The first-order valence-electron chi connectivity index (χ1n) is 7.66. The van der Waals surface area contributed by atoms with Gasteiger partial charge in [-0.15, -0.1) is 0 Å². The maximum Gasteiger partial charge on any atom is 0.253 e. The van der Waals surface area contributed by atoms with Crippen LogP contribution in [0.5, 0.6) is 0 Å². The van der Waals surface area contributed by atoms with Crippen molar-refractivity contribution in [2.45, 2.75) is 20.3 Å². The minimum atomic E-state index is -0.128. The molecule has 1 heterocycles. The van der Waals surface area contributed by atoms with E-state index in [1.54, 1.807) is 36.7 Å². The van der Waals surface area contributed by atoms with E-state index < -0.39 is 0 Å². The van der Waals surface area contributed by atoms with Crippen LogP contribution in [0.15, 0.2) is 48.8 Å². The van der Waals surface area contributed by atoms with Gasteiger partial charge in [0.2, 0.25) is 5.91 Å². The van der Waals surface area contributed by atoms with Crippen LogP contribution in [0, 0.1) is 0 Å². The number of rotatable bonds is 6. The van der Waals surface area contributed by atoms with Gasteiger partial charge in [0.05, 0.1) is 0 Å². The Hall–Kier alpha value is -2.69. The van der Waals surface area contributed by atoms with Crippen molar-refractivity contribution in [2.24, 2.45) is 0 Å². The predicted octanol–water partition coefficient (Wildman–Crippen LogP) is 2.74. The van der Waals surface area contributed by atoms with Gasteiger partial charge in [0, 0.05) is 43.7 Å². The first kappa shape index (κ1) is 16.7. The Morgan fingerprint density at radius 3 is 2.30 bits per heavy atom. The van der Waals surface area contributed by atoms with Gasteiger partial charge in [0.15, 0.2) is 0 Å². The van der Waals surface area contributed by atoms with Gasteiger partial charge in [0.25, 0.3) is 5.91 Å². The number of carbonyl (C=O) groups excluding carboxylic acids is 2. The lowest BCUT2D eigenvalue weighted by molar-refractivity contribution is -0.114. The van der Waals surface area contributed by atoms with Gasteiger partial charge in [-0.05, 0) is 55.3 Å². The zero-order valence-electron chi connectivity index (χ0n) is 13.5. The molecule has 0 fully saturated rings. The molecule has 0 radical (unpaired) electrons. The largest absolute Gasteiger partial charge is 0.339 e. The fourth-order valence-electron chi connectivity index (χ4n) is 2.30. The number of anilines is 1. The smallest absolute Gasteiger partial charge is 0.253 e. The van der Waals surface area contributed by atoms with Crippen molar-refractivity contribution in [3.05, 3.63) is 59.9 Å². The summed E-state index contributed by atoms with van der Waals surface area (Å²) in [6.45, 7) is 4.73. The summed E-state index contributed by atoms with van der Waals surface area (Å²) in [4.78, 5) is 29.4. The average Bonchev–Trinajstić information content (AvgIpc) is 2.56. The predicted molar refractivity (Wildman–Crippen MR) is 90.3 cm³/mol. The van der Waals surface area contributed by atoms with Crippen LogP contribution in [-0.2, 0) is 11.2 Å². The molecule has 2 rings (SSSR count). The topological polar surface area (TPSA) is 62.3 Å². The summed E-state index contributed by atoms with van der Waals surface area (Å²) in [6.07, 6.45) is 4.31. The molecule has 0 aliphatic rings. The number of nitrogens with zero attached hydrogens (tertiary/aromatic N) is 2. The van der Waals surface area contributed by atoms with Crippen molar-refractivity contribution >= 4 is 17.5 Å². The quantitative estimate of drug-likeness (QED) is 0.892. The minimum Gasteiger partial charge on any atom is -0.339 e. The van der Waals surface area contributed by atoms with Gasteiger partial charge in [0.1, 0.15) is 0 Å². The van der Waals surface area contributed by atoms with E-state index in [1.807, 2.05) is 24.0 Å². The summed E-state index contributed by atoms with van der Waals surface area (Å²) >= 11 is 0. The number of pyridine rings is 1. The zero-order chi connectivity index (χ0) is 16.7. The third kappa shape index (κ3) is 4.92. The summed E-state index contributed by atoms with van der Waals surface area (Å²) in [5, 5.41) is 2.69. The maximum atomic E-state index is 12.6. The molecule has 1 aromatic heterocycles. The molecule has 0 saturated carbocycles. The Morgan fingerprint density at radius 2 is 1.74 bits per heavy atom. The van der Waals surface area contributed by atoms with Crippen LogP contribution in [0.4, 0.5) is 5.69 Å².